The lowest BCUT2D eigenvalue weighted by atomic mass is 10.5. The Morgan fingerprint density at radius 2 is 2.50 bits per heavy atom. The molecule has 1 aliphatic heterocycles. The Balaban J connectivity index is 2.84. The van der Waals surface area contributed by atoms with Crippen LogP contribution < -0.4 is 10.7 Å². The van der Waals surface area contributed by atoms with Crippen molar-refractivity contribution in [3.8, 4) is 0 Å². The van der Waals surface area contributed by atoms with Gasteiger partial charge in [-0.05, 0) is 5.41 Å². The Kier molecular flexibility index (Phi) is 1.39. The maximum Gasteiger partial charge on any atom is 0.159 e. The average molecular weight is 151 g/mol. The lowest BCUT2D eigenvalue weighted by molar-refractivity contribution is 1.01. The van der Waals surface area contributed by atoms with E-state index in [1.807, 2.05) is 5.41 Å². The van der Waals surface area contributed by atoms with Crippen LogP contribution in [0.3, 0.4) is 0 Å². The first-order chi connectivity index (χ1) is 4.97. The Hall–Kier alpha value is -0.900. The maximum atomic E-state index is 4.17. The third-order valence-electron chi connectivity index (χ3n) is 1.22. The van der Waals surface area contributed by atoms with E-state index in [9.17, 15) is 0 Å². The molecular weight excluding hydrogens is 146 g/mol. The Labute approximate surface area is 61.9 Å². The largest absolute Gasteiger partial charge is 0.255 e. The third-order valence-corrected chi connectivity index (χ3v) is 1.92. The highest BCUT2D eigenvalue weighted by Crippen LogP contribution is 2.00. The second-order valence-corrected chi connectivity index (χ2v) is 2.70. The summed E-state index contributed by atoms with van der Waals surface area (Å²) in [6, 6.07) is 0. The monoisotopic (exact) mass is 151 g/mol. The minimum atomic E-state index is 0.782. The van der Waals surface area contributed by atoms with E-state index in [2.05, 4.69) is 15.0 Å². The molecule has 1 aromatic heterocycles. The molecule has 0 bridgehead atoms. The van der Waals surface area contributed by atoms with Crippen LogP contribution in [-0.2, 0) is 0 Å². The van der Waals surface area contributed by atoms with Crippen LogP contribution in [0.5, 0.6) is 0 Å². The summed E-state index contributed by atoms with van der Waals surface area (Å²) >= 11 is 1.67. The summed E-state index contributed by atoms with van der Waals surface area (Å²) in [5, 5.41) is 3.06. The van der Waals surface area contributed by atoms with Crippen LogP contribution in [0.1, 0.15) is 0 Å². The highest BCUT2D eigenvalue weighted by molar-refractivity contribution is 8.06. The highest BCUT2D eigenvalue weighted by Gasteiger charge is 1.92. The molecule has 2 rings (SSSR count). The van der Waals surface area contributed by atoms with Gasteiger partial charge in [0.2, 0.25) is 0 Å². The number of nitrogens with zero attached hydrogens (tertiary/aromatic N) is 3. The second kappa shape index (κ2) is 2.38. The first-order valence-corrected chi connectivity index (χ1v) is 3.94. The molecule has 0 saturated heterocycles. The maximum absolute atomic E-state index is 4.17. The molecule has 0 fully saturated rings. The van der Waals surface area contributed by atoms with E-state index in [0.29, 0.717) is 0 Å². The fourth-order valence-corrected chi connectivity index (χ4v) is 1.39. The summed E-state index contributed by atoms with van der Waals surface area (Å²) in [4.78, 5) is 12.1. The zero-order valence-corrected chi connectivity index (χ0v) is 6.01. The van der Waals surface area contributed by atoms with Crippen LogP contribution in [0, 0.1) is 0 Å². The van der Waals surface area contributed by atoms with Crippen LogP contribution in [-0.4, -0.2) is 15.8 Å². The van der Waals surface area contributed by atoms with Crippen molar-refractivity contribution in [1.82, 2.24) is 9.97 Å². The fourth-order valence-electron chi connectivity index (χ4n) is 0.775. The van der Waals surface area contributed by atoms with Crippen molar-refractivity contribution in [2.24, 2.45) is 4.99 Å². The summed E-state index contributed by atoms with van der Waals surface area (Å²) in [5.41, 5.74) is 0.814. The third kappa shape index (κ3) is 0.903. The van der Waals surface area contributed by atoms with E-state index < -0.39 is 0 Å². The van der Waals surface area contributed by atoms with E-state index in [-0.39, 0.29) is 0 Å². The minimum Gasteiger partial charge on any atom is -0.255 e. The first kappa shape index (κ1) is 5.85. The van der Waals surface area contributed by atoms with Gasteiger partial charge in [0.1, 0.15) is 6.33 Å². The molecule has 1 aromatic rings. The van der Waals surface area contributed by atoms with E-state index >= 15 is 0 Å². The summed E-state index contributed by atoms with van der Waals surface area (Å²) in [6.45, 7) is 0. The molecule has 1 aliphatic rings. The van der Waals surface area contributed by atoms with Gasteiger partial charge < -0.3 is 0 Å². The number of aromatic nitrogens is 2. The summed E-state index contributed by atoms with van der Waals surface area (Å²) in [5.74, 6) is 0.782. The Morgan fingerprint density at radius 1 is 1.50 bits per heavy atom. The second-order valence-electron chi connectivity index (χ2n) is 1.87. The van der Waals surface area contributed by atoms with Gasteiger partial charge in [-0.1, -0.05) is 0 Å². The molecular formula is C6H5N3S. The van der Waals surface area contributed by atoms with E-state index in [1.165, 1.54) is 6.33 Å². The van der Waals surface area contributed by atoms with Gasteiger partial charge in [-0.2, -0.15) is 0 Å². The number of thioether (sulfide) groups is 1. The van der Waals surface area contributed by atoms with Gasteiger partial charge in [0.15, 0.2) is 5.49 Å². The molecule has 0 unspecified atom stereocenters. The smallest absolute Gasteiger partial charge is 0.159 e. The van der Waals surface area contributed by atoms with Crippen molar-refractivity contribution in [3.63, 3.8) is 0 Å². The van der Waals surface area contributed by atoms with Crippen molar-refractivity contribution >= 4 is 17.2 Å². The lowest BCUT2D eigenvalue weighted by Gasteiger charge is -1.94. The summed E-state index contributed by atoms with van der Waals surface area (Å²) < 4.78 is 0. The molecule has 0 amide bonds. The van der Waals surface area contributed by atoms with E-state index in [0.717, 1.165) is 16.6 Å². The Morgan fingerprint density at radius 3 is 3.40 bits per heavy atom. The van der Waals surface area contributed by atoms with Crippen molar-refractivity contribution in [2.45, 2.75) is 0 Å². The normalized spacial score (nSPS) is 14.8. The lowest BCUT2D eigenvalue weighted by Crippen LogP contribution is -2.30. The molecule has 0 radical (unpaired) electrons. The standard InChI is InChI=1S/C6H5N3S/c1-5-2-10-4-9-6(5)8-3-7-1/h1-3H,4H2. The van der Waals surface area contributed by atoms with E-state index in [1.54, 1.807) is 18.0 Å². The van der Waals surface area contributed by atoms with Crippen molar-refractivity contribution < 1.29 is 0 Å². The molecule has 0 N–H and O–H groups in total. The zero-order chi connectivity index (χ0) is 6.81. The SMILES string of the molecule is C1=c2cncnc2=NCS1. The molecule has 0 saturated carbocycles. The molecule has 0 atom stereocenters. The van der Waals surface area contributed by atoms with Gasteiger partial charge in [-0.3, -0.25) is 4.99 Å². The molecule has 2 heterocycles. The van der Waals surface area contributed by atoms with Gasteiger partial charge in [0.25, 0.3) is 0 Å². The van der Waals surface area contributed by atoms with E-state index in [4.69, 9.17) is 0 Å². The topological polar surface area (TPSA) is 38.1 Å². The van der Waals surface area contributed by atoms with Crippen molar-refractivity contribution in [2.75, 3.05) is 5.88 Å². The average Bonchev–Trinajstić information content (AvgIpc) is 2.05. The van der Waals surface area contributed by atoms with Crippen LogP contribution in [0.4, 0.5) is 0 Å². The number of hydrogen-bond acceptors (Lipinski definition) is 4. The van der Waals surface area contributed by atoms with Crippen LogP contribution in [0.2, 0.25) is 0 Å². The molecule has 0 spiro atoms. The van der Waals surface area contributed by atoms with Crippen LogP contribution in [0.15, 0.2) is 17.5 Å². The molecule has 10 heavy (non-hydrogen) atoms. The molecule has 4 heteroatoms. The number of hydrogen-bond donors (Lipinski definition) is 0. The molecule has 0 aromatic carbocycles. The van der Waals surface area contributed by atoms with Gasteiger partial charge in [-0.25, -0.2) is 9.97 Å². The van der Waals surface area contributed by atoms with Crippen molar-refractivity contribution in [3.05, 3.63) is 23.2 Å². The van der Waals surface area contributed by atoms with Gasteiger partial charge in [0, 0.05) is 11.4 Å². The highest BCUT2D eigenvalue weighted by atomic mass is 32.2. The zero-order valence-electron chi connectivity index (χ0n) is 5.19. The molecule has 0 aliphatic carbocycles. The van der Waals surface area contributed by atoms with Crippen LogP contribution in [0.25, 0.3) is 5.41 Å². The molecule has 3 nitrogen and oxygen atoms in total. The molecule has 50 valence electrons. The predicted molar refractivity (Wildman–Crippen MR) is 39.7 cm³/mol. The summed E-state index contributed by atoms with van der Waals surface area (Å²) in [6.07, 6.45) is 3.30. The fraction of sp³-hybridized carbons (Fsp3) is 0.167. The minimum absolute atomic E-state index is 0.782. The van der Waals surface area contributed by atoms with Crippen LogP contribution >= 0.6 is 11.8 Å². The van der Waals surface area contributed by atoms with Crippen molar-refractivity contribution in [1.29, 1.82) is 0 Å². The first-order valence-electron chi connectivity index (χ1n) is 2.89. The number of rotatable bonds is 0. The Bertz CT molecular complexity index is 311. The van der Waals surface area contributed by atoms with Gasteiger partial charge in [-0.15, -0.1) is 11.8 Å². The van der Waals surface area contributed by atoms with Gasteiger partial charge >= 0.3 is 0 Å². The summed E-state index contributed by atoms with van der Waals surface area (Å²) in [7, 11) is 0. The predicted octanol–water partition coefficient (Wildman–Crippen LogP) is -0.461. The van der Waals surface area contributed by atoms with Gasteiger partial charge in [0.05, 0.1) is 5.88 Å². The number of fused-ring (bicyclic) bond motifs is 1. The quantitative estimate of drug-likeness (QED) is 0.503.